The van der Waals surface area contributed by atoms with Gasteiger partial charge in [0.25, 0.3) is 5.69 Å². The van der Waals surface area contributed by atoms with E-state index >= 15 is 0 Å². The Morgan fingerprint density at radius 2 is 2.14 bits per heavy atom. The number of hydrogen-bond acceptors (Lipinski definition) is 7. The van der Waals surface area contributed by atoms with E-state index < -0.39 is 10.9 Å². The Kier molecular flexibility index (Phi) is 5.82. The van der Waals surface area contributed by atoms with E-state index in [2.05, 4.69) is 9.72 Å². The number of carbonyl (C=O) groups is 1. The van der Waals surface area contributed by atoms with Gasteiger partial charge in [0.05, 0.1) is 16.9 Å². The summed E-state index contributed by atoms with van der Waals surface area (Å²) in [5, 5.41) is 11.3. The third kappa shape index (κ3) is 3.77. The topological polar surface area (TPSA) is 118 Å². The second kappa shape index (κ2) is 7.36. The van der Waals surface area contributed by atoms with Crippen molar-refractivity contribution in [2.24, 2.45) is 5.73 Å². The molecule has 0 radical (unpaired) electrons. The number of non-ortho nitro benzene ring substituents is 1. The zero-order valence-electron chi connectivity index (χ0n) is 10.7. The number of rotatable bonds is 5. The number of fused-ring (bicyclic) bond motifs is 1. The van der Waals surface area contributed by atoms with Gasteiger partial charge in [-0.1, -0.05) is 0 Å². The van der Waals surface area contributed by atoms with Crippen LogP contribution in [0.1, 0.15) is 0 Å². The van der Waals surface area contributed by atoms with Crippen LogP contribution >= 0.6 is 12.4 Å². The molecule has 2 aromatic rings. The van der Waals surface area contributed by atoms with Gasteiger partial charge in [0, 0.05) is 12.3 Å². The van der Waals surface area contributed by atoms with Crippen molar-refractivity contribution >= 4 is 35.0 Å². The number of benzene rings is 1. The standard InChI is InChI=1S/C12H11N3O5.ClH/c13-6-11(16)20-7-19-10-4-3-9(15(17)18)8-2-1-5-14-12(8)10;/h1-5H,6-7,13H2;1H. The molecule has 0 aliphatic carbocycles. The van der Waals surface area contributed by atoms with Gasteiger partial charge in [0.1, 0.15) is 11.3 Å². The van der Waals surface area contributed by atoms with E-state index in [1.165, 1.54) is 18.3 Å². The van der Waals surface area contributed by atoms with Crippen LogP contribution in [0.25, 0.3) is 10.9 Å². The van der Waals surface area contributed by atoms with E-state index in [9.17, 15) is 14.9 Å². The SMILES string of the molecule is Cl.NCC(=O)OCOc1ccc([N+](=O)[O-])c2cccnc12. The molecule has 0 amide bonds. The van der Waals surface area contributed by atoms with Gasteiger partial charge in [0.2, 0.25) is 6.79 Å². The number of carbonyl (C=O) groups excluding carboxylic acids is 1. The van der Waals surface area contributed by atoms with Crippen molar-refractivity contribution in [3.05, 3.63) is 40.6 Å². The van der Waals surface area contributed by atoms with Crippen molar-refractivity contribution in [3.63, 3.8) is 0 Å². The van der Waals surface area contributed by atoms with Gasteiger partial charge in [-0.05, 0) is 18.2 Å². The Hall–Kier alpha value is -2.45. The molecule has 21 heavy (non-hydrogen) atoms. The van der Waals surface area contributed by atoms with E-state index in [-0.39, 0.29) is 37.2 Å². The molecule has 0 bridgehead atoms. The Labute approximate surface area is 125 Å². The quantitative estimate of drug-likeness (QED) is 0.383. The summed E-state index contributed by atoms with van der Waals surface area (Å²) in [4.78, 5) is 25.3. The summed E-state index contributed by atoms with van der Waals surface area (Å²) in [6.45, 7) is -0.581. The van der Waals surface area contributed by atoms with Gasteiger partial charge in [-0.15, -0.1) is 12.4 Å². The lowest BCUT2D eigenvalue weighted by molar-refractivity contribution is -0.383. The molecule has 1 heterocycles. The highest BCUT2D eigenvalue weighted by Crippen LogP contribution is 2.31. The van der Waals surface area contributed by atoms with Crippen LogP contribution in [0.2, 0.25) is 0 Å². The minimum Gasteiger partial charge on any atom is -0.455 e. The molecule has 8 nitrogen and oxygen atoms in total. The molecule has 112 valence electrons. The highest BCUT2D eigenvalue weighted by Gasteiger charge is 2.15. The Bertz CT molecular complexity index is 664. The molecule has 0 fully saturated rings. The van der Waals surface area contributed by atoms with Crippen LogP contribution in [-0.4, -0.2) is 29.2 Å². The minimum atomic E-state index is -0.607. The van der Waals surface area contributed by atoms with Crippen LogP contribution in [0.5, 0.6) is 5.75 Å². The van der Waals surface area contributed by atoms with Gasteiger partial charge in [-0.25, -0.2) is 0 Å². The van der Waals surface area contributed by atoms with Gasteiger partial charge < -0.3 is 15.2 Å². The molecule has 2 N–H and O–H groups in total. The van der Waals surface area contributed by atoms with E-state index in [1.807, 2.05) is 0 Å². The fourth-order valence-electron chi connectivity index (χ4n) is 1.62. The van der Waals surface area contributed by atoms with Crippen molar-refractivity contribution in [3.8, 4) is 5.75 Å². The van der Waals surface area contributed by atoms with Crippen molar-refractivity contribution < 1.29 is 19.2 Å². The van der Waals surface area contributed by atoms with E-state index in [1.54, 1.807) is 12.1 Å². The average Bonchev–Trinajstić information content (AvgIpc) is 2.46. The van der Waals surface area contributed by atoms with Crippen molar-refractivity contribution in [2.45, 2.75) is 0 Å². The lowest BCUT2D eigenvalue weighted by Crippen LogP contribution is -2.19. The van der Waals surface area contributed by atoms with Gasteiger partial charge >= 0.3 is 5.97 Å². The second-order valence-corrected chi connectivity index (χ2v) is 3.72. The molecule has 1 aromatic heterocycles. The second-order valence-electron chi connectivity index (χ2n) is 3.72. The zero-order valence-corrected chi connectivity index (χ0v) is 11.5. The molecule has 0 aliphatic rings. The number of nitro benzene ring substituents is 1. The first-order chi connectivity index (χ1) is 9.63. The fraction of sp³-hybridized carbons (Fsp3) is 0.167. The van der Waals surface area contributed by atoms with Crippen molar-refractivity contribution in [2.75, 3.05) is 13.3 Å². The number of ether oxygens (including phenoxy) is 2. The van der Waals surface area contributed by atoms with Gasteiger partial charge in [0.15, 0.2) is 0 Å². The average molecular weight is 314 g/mol. The smallest absolute Gasteiger partial charge is 0.322 e. The number of pyridine rings is 1. The maximum atomic E-state index is 10.9. The molecular formula is C12H12ClN3O5. The zero-order chi connectivity index (χ0) is 14.5. The van der Waals surface area contributed by atoms with E-state index in [0.29, 0.717) is 10.9 Å². The van der Waals surface area contributed by atoms with Crippen LogP contribution < -0.4 is 10.5 Å². The molecule has 9 heteroatoms. The van der Waals surface area contributed by atoms with E-state index in [0.717, 1.165) is 0 Å². The maximum Gasteiger partial charge on any atom is 0.322 e. The Morgan fingerprint density at radius 3 is 2.81 bits per heavy atom. The summed E-state index contributed by atoms with van der Waals surface area (Å²) in [6, 6.07) is 5.88. The third-order valence-corrected chi connectivity index (χ3v) is 2.51. The lowest BCUT2D eigenvalue weighted by Gasteiger charge is -2.08. The van der Waals surface area contributed by atoms with E-state index in [4.69, 9.17) is 10.5 Å². The molecule has 0 saturated heterocycles. The molecule has 2 rings (SSSR count). The first kappa shape index (κ1) is 16.6. The molecule has 0 spiro atoms. The van der Waals surface area contributed by atoms with Crippen LogP contribution in [-0.2, 0) is 9.53 Å². The summed E-state index contributed by atoms with van der Waals surface area (Å²) < 4.78 is 9.92. The van der Waals surface area contributed by atoms with Gasteiger partial charge in [-0.3, -0.25) is 19.9 Å². The first-order valence-corrected chi connectivity index (χ1v) is 5.64. The predicted molar refractivity (Wildman–Crippen MR) is 76.3 cm³/mol. The highest BCUT2D eigenvalue weighted by molar-refractivity contribution is 5.92. The summed E-state index contributed by atoms with van der Waals surface area (Å²) in [5.74, 6) is -0.319. The molecule has 1 aromatic carbocycles. The maximum absolute atomic E-state index is 10.9. The normalized spacial score (nSPS) is 9.76. The number of nitrogens with zero attached hydrogens (tertiary/aromatic N) is 2. The lowest BCUT2D eigenvalue weighted by atomic mass is 10.1. The van der Waals surface area contributed by atoms with Crippen LogP contribution in [0.4, 0.5) is 5.69 Å². The highest BCUT2D eigenvalue weighted by atomic mass is 35.5. The summed E-state index contributed by atoms with van der Waals surface area (Å²) in [7, 11) is 0. The summed E-state index contributed by atoms with van der Waals surface area (Å²) >= 11 is 0. The molecule has 0 atom stereocenters. The largest absolute Gasteiger partial charge is 0.455 e. The molecule has 0 saturated carbocycles. The summed E-state index contributed by atoms with van der Waals surface area (Å²) in [5.41, 5.74) is 5.33. The number of hydrogen-bond donors (Lipinski definition) is 1. The monoisotopic (exact) mass is 313 g/mol. The van der Waals surface area contributed by atoms with Gasteiger partial charge in [-0.2, -0.15) is 0 Å². The van der Waals surface area contributed by atoms with Crippen molar-refractivity contribution in [1.82, 2.24) is 4.98 Å². The Morgan fingerprint density at radius 1 is 1.38 bits per heavy atom. The predicted octanol–water partition coefficient (Wildman–Crippen LogP) is 1.40. The number of nitrogens with two attached hydrogens (primary N) is 1. The van der Waals surface area contributed by atoms with Crippen LogP contribution in [0, 0.1) is 10.1 Å². The minimum absolute atomic E-state index is 0. The number of halogens is 1. The third-order valence-electron chi connectivity index (χ3n) is 2.51. The number of nitro groups is 1. The number of esters is 1. The first-order valence-electron chi connectivity index (χ1n) is 5.64. The van der Waals surface area contributed by atoms with Crippen LogP contribution in [0.15, 0.2) is 30.5 Å². The fourth-order valence-corrected chi connectivity index (χ4v) is 1.62. The van der Waals surface area contributed by atoms with Crippen LogP contribution in [0.3, 0.4) is 0 Å². The molecular weight excluding hydrogens is 302 g/mol. The van der Waals surface area contributed by atoms with Crippen molar-refractivity contribution in [1.29, 1.82) is 0 Å². The molecule has 0 aliphatic heterocycles. The molecule has 0 unspecified atom stereocenters. The Balaban J connectivity index is 0.00000220. The number of aromatic nitrogens is 1. The summed E-state index contributed by atoms with van der Waals surface area (Å²) in [6.07, 6.45) is 1.49.